The molecule has 43 heavy (non-hydrogen) atoms. The fourth-order valence-electron chi connectivity index (χ4n) is 5.27. The van der Waals surface area contributed by atoms with Crippen molar-refractivity contribution >= 4 is 35.2 Å². The van der Waals surface area contributed by atoms with E-state index in [1.54, 1.807) is 29.2 Å². The van der Waals surface area contributed by atoms with Crippen molar-refractivity contribution in [1.29, 1.82) is 0 Å². The summed E-state index contributed by atoms with van der Waals surface area (Å²) in [6.07, 6.45) is 3.22. The minimum atomic E-state index is -0.761. The number of carbonyl (C=O) groups excluding carboxylic acids is 3. The Hall–Kier alpha value is -4.58. The van der Waals surface area contributed by atoms with Crippen molar-refractivity contribution in [3.05, 3.63) is 70.9 Å². The quantitative estimate of drug-likeness (QED) is 0.294. The Kier molecular flexibility index (Phi) is 9.45. The Balaban J connectivity index is 1.17. The van der Waals surface area contributed by atoms with Gasteiger partial charge < -0.3 is 31.3 Å². The average Bonchev–Trinajstić information content (AvgIpc) is 3.02. The second-order valence-corrected chi connectivity index (χ2v) is 11.2. The normalized spacial score (nSPS) is 18.6. The molecule has 2 fully saturated rings. The molecule has 1 aliphatic carbocycles. The lowest BCUT2D eigenvalue weighted by Gasteiger charge is -2.29. The van der Waals surface area contributed by atoms with Crippen LogP contribution in [0, 0.1) is 0 Å². The highest BCUT2D eigenvalue weighted by Gasteiger charge is 2.25. The zero-order valence-electron chi connectivity index (χ0n) is 24.5. The van der Waals surface area contributed by atoms with Crippen molar-refractivity contribution in [2.45, 2.75) is 57.5 Å². The standard InChI is InChI=1S/C31H38N8O4/c1-19(2)20-3-5-21(6-4-20)29(41)34-24-11-13-25(14-12-24)35-31-36-28(26(27(32)40)37-38-31)33-23-9-7-22(8-10-23)30(42)39-15-17-43-18-16-39/h3-10,19,24-25H,11-18H2,1-2H3,(H2,32,40)(H,34,41)(H2,33,35,36,38). The number of primary amides is 1. The molecule has 5 N–H and O–H groups in total. The molecule has 226 valence electrons. The van der Waals surface area contributed by atoms with E-state index in [0.717, 1.165) is 25.7 Å². The van der Waals surface area contributed by atoms with E-state index in [0.29, 0.717) is 49.0 Å². The minimum absolute atomic E-state index is 0.0579. The first-order valence-corrected chi connectivity index (χ1v) is 14.7. The summed E-state index contributed by atoms with van der Waals surface area (Å²) in [7, 11) is 0. The SMILES string of the molecule is CC(C)c1ccc(C(=O)NC2CCC(Nc3nnc(C(N)=O)c(Nc4ccc(C(=O)N5CCOCC5)cc4)n3)CC2)cc1. The van der Waals surface area contributed by atoms with E-state index in [-0.39, 0.29) is 41.4 Å². The number of nitrogens with one attached hydrogen (secondary N) is 3. The van der Waals surface area contributed by atoms with Crippen LogP contribution in [0.3, 0.4) is 0 Å². The molecule has 1 saturated carbocycles. The van der Waals surface area contributed by atoms with Gasteiger partial charge in [0.15, 0.2) is 11.5 Å². The van der Waals surface area contributed by atoms with Gasteiger partial charge in [-0.1, -0.05) is 26.0 Å². The summed E-state index contributed by atoms with van der Waals surface area (Å²) in [6, 6.07) is 14.8. The lowest BCUT2D eigenvalue weighted by Crippen LogP contribution is -2.40. The summed E-state index contributed by atoms with van der Waals surface area (Å²) in [4.78, 5) is 43.8. The fraction of sp³-hybridized carbons (Fsp3) is 0.419. The first kappa shape index (κ1) is 29.9. The molecule has 0 atom stereocenters. The number of benzene rings is 2. The second-order valence-electron chi connectivity index (χ2n) is 11.2. The zero-order valence-corrected chi connectivity index (χ0v) is 24.5. The Bertz CT molecular complexity index is 1430. The summed E-state index contributed by atoms with van der Waals surface area (Å²) < 4.78 is 5.32. The van der Waals surface area contributed by atoms with Crippen molar-refractivity contribution in [2.24, 2.45) is 5.73 Å². The van der Waals surface area contributed by atoms with Gasteiger partial charge in [0.1, 0.15) is 0 Å². The molecular formula is C31H38N8O4. The van der Waals surface area contributed by atoms with Crippen LogP contribution >= 0.6 is 0 Å². The van der Waals surface area contributed by atoms with Crippen LogP contribution in [0.1, 0.15) is 82.2 Å². The zero-order chi connectivity index (χ0) is 30.3. The number of hydrogen-bond donors (Lipinski definition) is 4. The van der Waals surface area contributed by atoms with Crippen LogP contribution in [0.2, 0.25) is 0 Å². The molecule has 3 amide bonds. The maximum absolute atomic E-state index is 12.7. The fourth-order valence-corrected chi connectivity index (χ4v) is 5.27. The lowest BCUT2D eigenvalue weighted by molar-refractivity contribution is 0.0303. The molecule has 0 unspecified atom stereocenters. The Morgan fingerprint density at radius 1 is 0.884 bits per heavy atom. The lowest BCUT2D eigenvalue weighted by atomic mass is 9.91. The smallest absolute Gasteiger partial charge is 0.273 e. The molecule has 3 aromatic rings. The van der Waals surface area contributed by atoms with Gasteiger partial charge in [-0.15, -0.1) is 10.2 Å². The van der Waals surface area contributed by atoms with E-state index in [9.17, 15) is 14.4 Å². The largest absolute Gasteiger partial charge is 0.378 e. The molecule has 0 bridgehead atoms. The second kappa shape index (κ2) is 13.6. The molecule has 0 radical (unpaired) electrons. The summed E-state index contributed by atoms with van der Waals surface area (Å²) in [5.41, 5.74) is 8.48. The summed E-state index contributed by atoms with van der Waals surface area (Å²) in [5.74, 6) is -0.0237. The van der Waals surface area contributed by atoms with Crippen molar-refractivity contribution in [2.75, 3.05) is 36.9 Å². The maximum Gasteiger partial charge on any atom is 0.273 e. The number of ether oxygens (including phenoxy) is 1. The van der Waals surface area contributed by atoms with Gasteiger partial charge in [0.25, 0.3) is 17.7 Å². The molecule has 1 aromatic heterocycles. The molecule has 0 spiro atoms. The van der Waals surface area contributed by atoms with Crippen molar-refractivity contribution in [3.63, 3.8) is 0 Å². The van der Waals surface area contributed by atoms with Gasteiger partial charge in [-0.05, 0) is 73.6 Å². The number of aromatic nitrogens is 3. The molecule has 5 rings (SSSR count). The van der Waals surface area contributed by atoms with Gasteiger partial charge in [0.05, 0.1) is 13.2 Å². The minimum Gasteiger partial charge on any atom is -0.378 e. The number of amides is 3. The van der Waals surface area contributed by atoms with E-state index >= 15 is 0 Å². The molecular weight excluding hydrogens is 548 g/mol. The van der Waals surface area contributed by atoms with Crippen molar-refractivity contribution in [1.82, 2.24) is 25.4 Å². The third kappa shape index (κ3) is 7.63. The Morgan fingerprint density at radius 2 is 1.51 bits per heavy atom. The number of carbonyl (C=O) groups is 3. The third-order valence-electron chi connectivity index (χ3n) is 7.85. The van der Waals surface area contributed by atoms with Crippen LogP contribution in [0.4, 0.5) is 17.5 Å². The van der Waals surface area contributed by atoms with Crippen LogP contribution in [0.5, 0.6) is 0 Å². The van der Waals surface area contributed by atoms with Crippen molar-refractivity contribution < 1.29 is 19.1 Å². The van der Waals surface area contributed by atoms with Crippen LogP contribution in [0.15, 0.2) is 48.5 Å². The molecule has 2 heterocycles. The molecule has 12 nitrogen and oxygen atoms in total. The molecule has 2 aliphatic rings. The van der Waals surface area contributed by atoms with Crippen LogP contribution in [-0.2, 0) is 4.74 Å². The predicted molar refractivity (Wildman–Crippen MR) is 162 cm³/mol. The molecule has 1 aliphatic heterocycles. The van der Waals surface area contributed by atoms with Gasteiger partial charge >= 0.3 is 0 Å². The monoisotopic (exact) mass is 586 g/mol. The summed E-state index contributed by atoms with van der Waals surface area (Å²) in [5, 5.41) is 17.6. The van der Waals surface area contributed by atoms with E-state index < -0.39 is 5.91 Å². The highest BCUT2D eigenvalue weighted by atomic mass is 16.5. The van der Waals surface area contributed by atoms with Gasteiger partial charge in [-0.25, -0.2) is 0 Å². The highest BCUT2D eigenvalue weighted by Crippen LogP contribution is 2.24. The highest BCUT2D eigenvalue weighted by molar-refractivity contribution is 5.97. The van der Waals surface area contributed by atoms with E-state index in [2.05, 4.69) is 45.0 Å². The number of nitrogens with two attached hydrogens (primary N) is 1. The topological polar surface area (TPSA) is 164 Å². The van der Waals surface area contributed by atoms with Gasteiger partial charge in [-0.3, -0.25) is 14.4 Å². The first-order chi connectivity index (χ1) is 20.8. The van der Waals surface area contributed by atoms with Gasteiger partial charge in [0, 0.05) is 42.0 Å². The van der Waals surface area contributed by atoms with Crippen molar-refractivity contribution in [3.8, 4) is 0 Å². The molecule has 1 saturated heterocycles. The number of hydrogen-bond acceptors (Lipinski definition) is 9. The van der Waals surface area contributed by atoms with Gasteiger partial charge in [0.2, 0.25) is 5.95 Å². The first-order valence-electron chi connectivity index (χ1n) is 14.7. The predicted octanol–water partition coefficient (Wildman–Crippen LogP) is 3.46. The number of morpholine rings is 1. The van der Waals surface area contributed by atoms with E-state index in [1.807, 2.05) is 24.3 Å². The number of anilines is 3. The van der Waals surface area contributed by atoms with E-state index in [4.69, 9.17) is 10.5 Å². The molecule has 12 heteroatoms. The maximum atomic E-state index is 12.7. The Labute approximate surface area is 250 Å². The van der Waals surface area contributed by atoms with Crippen LogP contribution < -0.4 is 21.7 Å². The number of rotatable bonds is 9. The third-order valence-corrected chi connectivity index (χ3v) is 7.85. The van der Waals surface area contributed by atoms with E-state index in [1.165, 1.54) is 5.56 Å². The Morgan fingerprint density at radius 3 is 2.14 bits per heavy atom. The average molecular weight is 587 g/mol. The number of nitrogens with zero attached hydrogens (tertiary/aromatic N) is 4. The summed E-state index contributed by atoms with van der Waals surface area (Å²) >= 11 is 0. The molecule has 2 aromatic carbocycles. The van der Waals surface area contributed by atoms with Crippen LogP contribution in [-0.4, -0.2) is 76.2 Å². The van der Waals surface area contributed by atoms with Gasteiger partial charge in [-0.2, -0.15) is 4.98 Å². The summed E-state index contributed by atoms with van der Waals surface area (Å²) in [6.45, 7) is 6.44. The van der Waals surface area contributed by atoms with Crippen LogP contribution in [0.25, 0.3) is 0 Å².